The Labute approximate surface area is 141 Å². The van der Waals surface area contributed by atoms with Crippen LogP contribution in [0.5, 0.6) is 0 Å². The monoisotopic (exact) mass is 320 g/mol. The van der Waals surface area contributed by atoms with E-state index < -0.39 is 0 Å². The van der Waals surface area contributed by atoms with Crippen LogP contribution in [-0.4, -0.2) is 16.7 Å². The number of fused-ring (bicyclic) bond motifs is 1. The lowest BCUT2D eigenvalue weighted by atomic mass is 10.1. The predicted octanol–water partition coefficient (Wildman–Crippen LogP) is 4.06. The number of nitriles is 1. The van der Waals surface area contributed by atoms with E-state index in [1.807, 2.05) is 41.8 Å². The molecule has 5 heteroatoms. The molecule has 3 rings (SSSR count). The number of nitrogens with zero attached hydrogens (tertiary/aromatic N) is 3. The van der Waals surface area contributed by atoms with Gasteiger partial charge in [0.1, 0.15) is 17.5 Å². The molecule has 5 nitrogen and oxygen atoms in total. The van der Waals surface area contributed by atoms with Crippen LogP contribution in [0.3, 0.4) is 0 Å². The Bertz CT molecular complexity index is 812. The number of carbonyl (C=O) groups is 1. The summed E-state index contributed by atoms with van der Waals surface area (Å²) in [7, 11) is 0. The lowest BCUT2D eigenvalue weighted by Crippen LogP contribution is -2.20. The molecule has 1 aromatic carbocycles. The van der Waals surface area contributed by atoms with Crippen LogP contribution in [0.15, 0.2) is 35.3 Å². The van der Waals surface area contributed by atoms with Crippen LogP contribution in [-0.2, 0) is 13.0 Å². The maximum atomic E-state index is 12.9. The molecular weight excluding hydrogens is 300 g/mol. The minimum Gasteiger partial charge on any atom is -0.337 e. The van der Waals surface area contributed by atoms with Gasteiger partial charge in [0.25, 0.3) is 5.91 Å². The molecule has 122 valence electrons. The van der Waals surface area contributed by atoms with Crippen molar-refractivity contribution in [3.8, 4) is 6.07 Å². The molecule has 1 aliphatic heterocycles. The summed E-state index contributed by atoms with van der Waals surface area (Å²) in [6.07, 6.45) is 5.37. The van der Waals surface area contributed by atoms with E-state index in [9.17, 15) is 10.1 Å². The number of nitrogens with one attached hydrogen (secondary N) is 1. The Hall–Kier alpha value is -2.87. The van der Waals surface area contributed by atoms with E-state index in [0.717, 1.165) is 43.6 Å². The molecule has 0 bridgehead atoms. The number of rotatable bonds is 4. The Morgan fingerprint density at radius 1 is 1.38 bits per heavy atom. The van der Waals surface area contributed by atoms with Gasteiger partial charge in [-0.05, 0) is 37.8 Å². The average Bonchev–Trinajstić information content (AvgIpc) is 2.94. The third kappa shape index (κ3) is 2.95. The molecule has 0 atom stereocenters. The number of hydrogen-bond donors (Lipinski definition) is 1. The fraction of sp³-hybridized carbons (Fsp3) is 0.316. The number of benzene rings is 1. The zero-order valence-corrected chi connectivity index (χ0v) is 13.7. The maximum absolute atomic E-state index is 12.9. The zero-order valence-electron chi connectivity index (χ0n) is 13.7. The summed E-state index contributed by atoms with van der Waals surface area (Å²) < 4.78 is 1.97. The van der Waals surface area contributed by atoms with Crippen LogP contribution >= 0.6 is 0 Å². The second-order valence-electron chi connectivity index (χ2n) is 5.78. The highest BCUT2D eigenvalue weighted by Gasteiger charge is 2.28. The van der Waals surface area contributed by atoms with Gasteiger partial charge in [-0.1, -0.05) is 25.1 Å². The molecule has 0 radical (unpaired) electrons. The van der Waals surface area contributed by atoms with Crippen LogP contribution < -0.4 is 5.32 Å². The third-order valence-electron chi connectivity index (χ3n) is 4.15. The first-order valence-corrected chi connectivity index (χ1v) is 8.30. The van der Waals surface area contributed by atoms with E-state index in [1.54, 1.807) is 6.21 Å². The largest absolute Gasteiger partial charge is 0.337 e. The Morgan fingerprint density at radius 2 is 2.17 bits per heavy atom. The number of anilines is 1. The molecule has 2 aromatic rings. The van der Waals surface area contributed by atoms with Crippen LogP contribution in [0.4, 0.5) is 11.4 Å². The van der Waals surface area contributed by atoms with Gasteiger partial charge in [0.05, 0.1) is 5.56 Å². The van der Waals surface area contributed by atoms with Crippen molar-refractivity contribution in [3.05, 3.63) is 47.3 Å². The van der Waals surface area contributed by atoms with Crippen molar-refractivity contribution in [2.24, 2.45) is 4.99 Å². The van der Waals surface area contributed by atoms with E-state index in [2.05, 4.69) is 16.4 Å². The molecular formula is C19H20N4O. The van der Waals surface area contributed by atoms with Gasteiger partial charge in [-0.2, -0.15) is 5.26 Å². The molecule has 0 fully saturated rings. The number of para-hydroxylation sites is 1. The first-order valence-electron chi connectivity index (χ1n) is 8.30. The number of carbonyl (C=O) groups excluding carboxylic acids is 1. The van der Waals surface area contributed by atoms with E-state index in [0.29, 0.717) is 16.9 Å². The normalized spacial score (nSPS) is 13.5. The van der Waals surface area contributed by atoms with Crippen molar-refractivity contribution >= 4 is 23.5 Å². The summed E-state index contributed by atoms with van der Waals surface area (Å²) >= 11 is 0. The van der Waals surface area contributed by atoms with Crippen molar-refractivity contribution in [1.82, 2.24) is 4.57 Å². The molecule has 2 heterocycles. The van der Waals surface area contributed by atoms with Gasteiger partial charge in [-0.15, -0.1) is 0 Å². The van der Waals surface area contributed by atoms with E-state index in [1.165, 1.54) is 0 Å². The SMILES string of the molecule is CCC=Nc1c(C#N)c2n(c1C(=O)Nc1ccccc1)CCCC2. The molecule has 1 N–H and O–H groups in total. The number of aliphatic imine (C=N–C) groups is 1. The number of amides is 1. The van der Waals surface area contributed by atoms with Gasteiger partial charge in [0.15, 0.2) is 0 Å². The summed E-state index contributed by atoms with van der Waals surface area (Å²) in [5, 5.41) is 12.5. The molecule has 1 amide bonds. The van der Waals surface area contributed by atoms with Crippen molar-refractivity contribution < 1.29 is 4.79 Å². The van der Waals surface area contributed by atoms with Crippen molar-refractivity contribution in [3.63, 3.8) is 0 Å². The second-order valence-corrected chi connectivity index (χ2v) is 5.78. The van der Waals surface area contributed by atoms with Gasteiger partial charge < -0.3 is 9.88 Å². The number of hydrogen-bond acceptors (Lipinski definition) is 3. The van der Waals surface area contributed by atoms with Crippen molar-refractivity contribution in [2.75, 3.05) is 5.32 Å². The molecule has 24 heavy (non-hydrogen) atoms. The third-order valence-corrected chi connectivity index (χ3v) is 4.15. The quantitative estimate of drug-likeness (QED) is 0.863. The molecule has 1 aromatic heterocycles. The average molecular weight is 320 g/mol. The fourth-order valence-electron chi connectivity index (χ4n) is 3.09. The van der Waals surface area contributed by atoms with E-state index in [-0.39, 0.29) is 5.91 Å². The summed E-state index contributed by atoms with van der Waals surface area (Å²) in [4.78, 5) is 17.3. The Morgan fingerprint density at radius 3 is 2.88 bits per heavy atom. The summed E-state index contributed by atoms with van der Waals surface area (Å²) in [5.74, 6) is -0.214. The van der Waals surface area contributed by atoms with Gasteiger partial charge in [-0.3, -0.25) is 9.79 Å². The minimum absolute atomic E-state index is 0.214. The molecule has 0 saturated carbocycles. The van der Waals surface area contributed by atoms with Gasteiger partial charge in [0.2, 0.25) is 0 Å². The summed E-state index contributed by atoms with van der Waals surface area (Å²) in [6.45, 7) is 2.73. The standard InChI is InChI=1S/C19H20N4O/c1-2-11-21-17-15(13-20)16-10-6-7-12-23(16)18(17)19(24)22-14-8-4-3-5-9-14/h3-5,8-9,11H,2,6-7,10,12H2,1H3,(H,22,24). The summed E-state index contributed by atoms with van der Waals surface area (Å²) in [6, 6.07) is 11.6. The summed E-state index contributed by atoms with van der Waals surface area (Å²) in [5.41, 5.74) is 3.21. The smallest absolute Gasteiger partial charge is 0.274 e. The molecule has 0 unspecified atom stereocenters. The highest BCUT2D eigenvalue weighted by molar-refractivity contribution is 6.08. The molecule has 0 aliphatic carbocycles. The molecule has 0 spiro atoms. The highest BCUT2D eigenvalue weighted by atomic mass is 16.2. The van der Waals surface area contributed by atoms with Gasteiger partial charge in [-0.25, -0.2) is 0 Å². The van der Waals surface area contributed by atoms with Crippen molar-refractivity contribution in [1.29, 1.82) is 5.26 Å². The topological polar surface area (TPSA) is 70.2 Å². The zero-order chi connectivity index (χ0) is 16.9. The minimum atomic E-state index is -0.214. The van der Waals surface area contributed by atoms with Crippen LogP contribution in [0, 0.1) is 11.3 Å². The van der Waals surface area contributed by atoms with Gasteiger partial charge in [0, 0.05) is 24.1 Å². The lowest BCUT2D eigenvalue weighted by molar-refractivity contribution is 0.101. The first kappa shape index (κ1) is 16.0. The van der Waals surface area contributed by atoms with Crippen molar-refractivity contribution in [2.45, 2.75) is 39.2 Å². The lowest BCUT2D eigenvalue weighted by Gasteiger charge is -2.17. The van der Waals surface area contributed by atoms with Gasteiger partial charge >= 0.3 is 0 Å². The fourth-order valence-corrected chi connectivity index (χ4v) is 3.09. The second kappa shape index (κ2) is 7.14. The number of aromatic nitrogens is 1. The molecule has 1 aliphatic rings. The first-order chi connectivity index (χ1) is 11.8. The Kier molecular flexibility index (Phi) is 4.76. The highest BCUT2D eigenvalue weighted by Crippen LogP contribution is 2.34. The maximum Gasteiger partial charge on any atom is 0.274 e. The van der Waals surface area contributed by atoms with E-state index in [4.69, 9.17) is 0 Å². The van der Waals surface area contributed by atoms with Crippen LogP contribution in [0.25, 0.3) is 0 Å². The van der Waals surface area contributed by atoms with Crippen LogP contribution in [0.2, 0.25) is 0 Å². The molecule has 0 saturated heterocycles. The predicted molar refractivity (Wildman–Crippen MR) is 94.9 cm³/mol. The van der Waals surface area contributed by atoms with E-state index >= 15 is 0 Å². The van der Waals surface area contributed by atoms with Crippen LogP contribution in [0.1, 0.15) is 47.9 Å². The Balaban J connectivity index is 2.08.